The summed E-state index contributed by atoms with van der Waals surface area (Å²) in [7, 11) is 0. The molecule has 28 heavy (non-hydrogen) atoms. The first-order valence-corrected chi connectivity index (χ1v) is 9.73. The second-order valence-corrected chi connectivity index (χ2v) is 7.31. The van der Waals surface area contributed by atoms with E-state index in [9.17, 15) is 4.79 Å². The molecule has 0 atom stereocenters. The Kier molecular flexibility index (Phi) is 6.22. The number of rotatable bonds is 5. The van der Waals surface area contributed by atoms with E-state index in [0.717, 1.165) is 29.1 Å². The highest BCUT2D eigenvalue weighted by atomic mass is 35.5. The van der Waals surface area contributed by atoms with E-state index in [2.05, 4.69) is 47.1 Å². The van der Waals surface area contributed by atoms with Crippen LogP contribution in [0.4, 0.5) is 0 Å². The Balaban J connectivity index is 1.83. The van der Waals surface area contributed by atoms with Crippen LogP contribution in [-0.2, 0) is 6.42 Å². The highest BCUT2D eigenvalue weighted by Crippen LogP contribution is 2.23. The second-order valence-electron chi connectivity index (χ2n) is 6.47. The summed E-state index contributed by atoms with van der Waals surface area (Å²) >= 11 is 11.9. The van der Waals surface area contributed by atoms with E-state index >= 15 is 0 Å². The Bertz CT molecular complexity index is 1050. The van der Waals surface area contributed by atoms with Crippen LogP contribution in [0.15, 0.2) is 53.6 Å². The second kappa shape index (κ2) is 8.63. The molecule has 1 heterocycles. The number of aromatic nitrogens is 1. The number of halogens is 2. The summed E-state index contributed by atoms with van der Waals surface area (Å²) < 4.78 is 2.21. The minimum Gasteiger partial charge on any atom is -0.318 e. The van der Waals surface area contributed by atoms with Crippen LogP contribution in [0.5, 0.6) is 0 Å². The molecule has 0 bridgehead atoms. The molecular weight excluding hydrogens is 393 g/mol. The van der Waals surface area contributed by atoms with E-state index in [1.807, 2.05) is 19.1 Å². The molecule has 0 unspecified atom stereocenters. The Morgan fingerprint density at radius 3 is 2.61 bits per heavy atom. The van der Waals surface area contributed by atoms with Gasteiger partial charge in [0.15, 0.2) is 0 Å². The number of hydrogen-bond donors (Lipinski definition) is 1. The number of aryl methyl sites for hydroxylation is 2. The van der Waals surface area contributed by atoms with Crippen LogP contribution in [0, 0.1) is 13.8 Å². The summed E-state index contributed by atoms with van der Waals surface area (Å²) in [6.07, 6.45) is 2.60. The molecule has 3 aromatic rings. The molecule has 0 radical (unpaired) electrons. The van der Waals surface area contributed by atoms with E-state index < -0.39 is 0 Å². The molecule has 0 aliphatic heterocycles. The lowest BCUT2D eigenvalue weighted by atomic mass is 10.1. The summed E-state index contributed by atoms with van der Waals surface area (Å²) in [4.78, 5) is 12.3. The van der Waals surface area contributed by atoms with E-state index in [4.69, 9.17) is 23.2 Å². The first-order chi connectivity index (χ1) is 13.4. The van der Waals surface area contributed by atoms with Gasteiger partial charge < -0.3 is 4.57 Å². The van der Waals surface area contributed by atoms with Crippen molar-refractivity contribution >= 4 is 35.3 Å². The lowest BCUT2D eigenvalue weighted by molar-refractivity contribution is 0.0955. The van der Waals surface area contributed by atoms with Gasteiger partial charge in [0.05, 0.1) is 16.8 Å². The smallest absolute Gasteiger partial charge is 0.272 e. The average molecular weight is 414 g/mol. The predicted molar refractivity (Wildman–Crippen MR) is 116 cm³/mol. The van der Waals surface area contributed by atoms with Gasteiger partial charge in [-0.05, 0) is 56.2 Å². The lowest BCUT2D eigenvalue weighted by Crippen LogP contribution is -2.18. The first-order valence-electron chi connectivity index (χ1n) is 8.98. The zero-order chi connectivity index (χ0) is 20.3. The maximum Gasteiger partial charge on any atom is 0.272 e. The molecule has 0 aliphatic rings. The lowest BCUT2D eigenvalue weighted by Gasteiger charge is -2.13. The number of amides is 1. The summed E-state index contributed by atoms with van der Waals surface area (Å²) in [5, 5.41) is 4.87. The van der Waals surface area contributed by atoms with Gasteiger partial charge in [-0.15, -0.1) is 0 Å². The molecule has 2 aromatic carbocycles. The van der Waals surface area contributed by atoms with Crippen LogP contribution in [0.3, 0.4) is 0 Å². The fourth-order valence-electron chi connectivity index (χ4n) is 3.21. The Morgan fingerprint density at radius 2 is 1.89 bits per heavy atom. The molecule has 1 aromatic heterocycles. The van der Waals surface area contributed by atoms with Gasteiger partial charge in [0, 0.05) is 27.7 Å². The van der Waals surface area contributed by atoms with Crippen LogP contribution in [0.25, 0.3) is 5.69 Å². The predicted octanol–water partition coefficient (Wildman–Crippen LogP) is 5.73. The van der Waals surface area contributed by atoms with Gasteiger partial charge in [-0.1, -0.05) is 48.3 Å². The zero-order valence-corrected chi connectivity index (χ0v) is 17.5. The fourth-order valence-corrected chi connectivity index (χ4v) is 3.71. The Hall–Kier alpha value is -2.56. The number of benzene rings is 2. The average Bonchev–Trinajstić information content (AvgIpc) is 2.95. The van der Waals surface area contributed by atoms with Crippen molar-refractivity contribution in [3.05, 3.63) is 86.7 Å². The minimum absolute atomic E-state index is 0.287. The largest absolute Gasteiger partial charge is 0.318 e. The number of nitrogens with one attached hydrogen (secondary N) is 1. The fraction of sp³-hybridized carbons (Fsp3) is 0.182. The molecule has 0 fully saturated rings. The molecule has 1 amide bonds. The third-order valence-corrected chi connectivity index (χ3v) is 5.18. The maximum atomic E-state index is 12.3. The molecule has 0 spiro atoms. The topological polar surface area (TPSA) is 46.4 Å². The van der Waals surface area contributed by atoms with Crippen molar-refractivity contribution in [2.45, 2.75) is 27.2 Å². The standard InChI is InChI=1S/C22H21Cl2N3O/c1-4-16-7-5-6-8-21(16)27-14(2)11-17(15(27)3)13-25-26-22(28)19-10-9-18(23)12-20(19)24/h5-13H,4H2,1-3H3,(H,26,28)/b25-13-. The molecule has 0 saturated heterocycles. The third-order valence-electron chi connectivity index (χ3n) is 4.63. The summed E-state index contributed by atoms with van der Waals surface area (Å²) in [5.41, 5.74) is 8.38. The van der Waals surface area contributed by atoms with Crippen molar-refractivity contribution in [1.82, 2.24) is 9.99 Å². The molecule has 3 rings (SSSR count). The van der Waals surface area contributed by atoms with Crippen molar-refractivity contribution < 1.29 is 4.79 Å². The molecule has 0 aliphatic carbocycles. The zero-order valence-electron chi connectivity index (χ0n) is 16.0. The van der Waals surface area contributed by atoms with Crippen molar-refractivity contribution in [2.24, 2.45) is 5.10 Å². The van der Waals surface area contributed by atoms with E-state index in [0.29, 0.717) is 10.6 Å². The molecule has 1 N–H and O–H groups in total. The van der Waals surface area contributed by atoms with Crippen LogP contribution in [0.2, 0.25) is 10.0 Å². The molecule has 144 valence electrons. The summed E-state index contributed by atoms with van der Waals surface area (Å²) in [6, 6.07) is 15.1. The first kappa shape index (κ1) is 20.2. The number of hydrogen-bond acceptors (Lipinski definition) is 2. The third kappa shape index (κ3) is 4.13. The summed E-state index contributed by atoms with van der Waals surface area (Å²) in [5.74, 6) is -0.386. The van der Waals surface area contributed by atoms with Crippen LogP contribution >= 0.6 is 23.2 Å². The van der Waals surface area contributed by atoms with Gasteiger partial charge in [-0.25, -0.2) is 5.43 Å². The molecule has 4 nitrogen and oxygen atoms in total. The minimum atomic E-state index is -0.386. The van der Waals surface area contributed by atoms with E-state index in [1.165, 1.54) is 11.6 Å². The number of carbonyl (C=O) groups excluding carboxylic acids is 1. The normalized spacial score (nSPS) is 11.2. The van der Waals surface area contributed by atoms with Crippen LogP contribution in [0.1, 0.15) is 39.8 Å². The molecule has 6 heteroatoms. The Morgan fingerprint density at radius 1 is 1.14 bits per heavy atom. The van der Waals surface area contributed by atoms with Crippen LogP contribution < -0.4 is 5.43 Å². The van der Waals surface area contributed by atoms with Crippen molar-refractivity contribution in [2.75, 3.05) is 0 Å². The quantitative estimate of drug-likeness (QED) is 0.421. The highest BCUT2D eigenvalue weighted by molar-refractivity contribution is 6.36. The van der Waals surface area contributed by atoms with Gasteiger partial charge in [-0.3, -0.25) is 4.79 Å². The van der Waals surface area contributed by atoms with Gasteiger partial charge >= 0.3 is 0 Å². The Labute approximate surface area is 174 Å². The molecule has 0 saturated carbocycles. The maximum absolute atomic E-state index is 12.3. The van der Waals surface area contributed by atoms with Gasteiger partial charge in [0.2, 0.25) is 0 Å². The van der Waals surface area contributed by atoms with Gasteiger partial charge in [0.1, 0.15) is 0 Å². The van der Waals surface area contributed by atoms with Crippen molar-refractivity contribution in [3.63, 3.8) is 0 Å². The monoisotopic (exact) mass is 413 g/mol. The van der Waals surface area contributed by atoms with Gasteiger partial charge in [0.25, 0.3) is 5.91 Å². The molecular formula is C22H21Cl2N3O. The van der Waals surface area contributed by atoms with Gasteiger partial charge in [-0.2, -0.15) is 5.10 Å². The van der Waals surface area contributed by atoms with Crippen molar-refractivity contribution in [1.29, 1.82) is 0 Å². The van der Waals surface area contributed by atoms with E-state index in [1.54, 1.807) is 18.3 Å². The number of nitrogens with zero attached hydrogens (tertiary/aromatic N) is 2. The van der Waals surface area contributed by atoms with E-state index in [-0.39, 0.29) is 10.9 Å². The number of hydrazone groups is 1. The number of carbonyl (C=O) groups is 1. The van der Waals surface area contributed by atoms with Crippen LogP contribution in [-0.4, -0.2) is 16.7 Å². The number of para-hydroxylation sites is 1. The van der Waals surface area contributed by atoms with Crippen molar-refractivity contribution in [3.8, 4) is 5.69 Å². The SMILES string of the molecule is CCc1ccccc1-n1c(C)cc(/C=N\NC(=O)c2ccc(Cl)cc2Cl)c1C. The summed E-state index contributed by atoms with van der Waals surface area (Å²) in [6.45, 7) is 6.24. The highest BCUT2D eigenvalue weighted by Gasteiger charge is 2.13.